The van der Waals surface area contributed by atoms with Crippen molar-refractivity contribution in [1.82, 2.24) is 15.2 Å². The predicted octanol–water partition coefficient (Wildman–Crippen LogP) is 2.88. The molecule has 2 heterocycles. The monoisotopic (exact) mass is 381 g/mol. The molecule has 0 atom stereocenters. The second kappa shape index (κ2) is 8.73. The number of rotatable bonds is 4. The van der Waals surface area contributed by atoms with E-state index in [4.69, 9.17) is 0 Å². The van der Waals surface area contributed by atoms with Crippen molar-refractivity contribution in [3.8, 4) is 0 Å². The van der Waals surface area contributed by atoms with Gasteiger partial charge in [-0.2, -0.15) is 0 Å². The third kappa shape index (κ3) is 4.79. The third-order valence-electron chi connectivity index (χ3n) is 4.76. The number of piperazine rings is 1. The SMILES string of the molecule is Cc1ccc(C(=O)NC(C)C)cc1NC(=O)N1CCN(c2ccncc2)CC1. The van der Waals surface area contributed by atoms with Gasteiger partial charge in [-0.15, -0.1) is 0 Å². The van der Waals surface area contributed by atoms with E-state index in [-0.39, 0.29) is 18.0 Å². The molecular weight excluding hydrogens is 354 g/mol. The van der Waals surface area contributed by atoms with Gasteiger partial charge in [-0.25, -0.2) is 4.79 Å². The van der Waals surface area contributed by atoms with Gasteiger partial charge >= 0.3 is 6.03 Å². The van der Waals surface area contributed by atoms with E-state index in [2.05, 4.69) is 20.5 Å². The molecule has 1 fully saturated rings. The number of amides is 3. The first kappa shape index (κ1) is 19.7. The van der Waals surface area contributed by atoms with Crippen molar-refractivity contribution < 1.29 is 9.59 Å². The van der Waals surface area contributed by atoms with Gasteiger partial charge < -0.3 is 20.4 Å². The molecule has 148 valence electrons. The topological polar surface area (TPSA) is 77.6 Å². The van der Waals surface area contributed by atoms with Crippen LogP contribution in [0.3, 0.4) is 0 Å². The van der Waals surface area contributed by atoms with E-state index in [1.807, 2.05) is 39.0 Å². The molecule has 1 saturated heterocycles. The van der Waals surface area contributed by atoms with Crippen LogP contribution in [0.15, 0.2) is 42.7 Å². The lowest BCUT2D eigenvalue weighted by Crippen LogP contribution is -2.50. The fourth-order valence-electron chi connectivity index (χ4n) is 3.16. The molecule has 7 nitrogen and oxygen atoms in total. The molecule has 3 amide bonds. The molecule has 1 aromatic heterocycles. The lowest BCUT2D eigenvalue weighted by atomic mass is 10.1. The van der Waals surface area contributed by atoms with Crippen molar-refractivity contribution in [2.75, 3.05) is 36.4 Å². The van der Waals surface area contributed by atoms with Crippen LogP contribution in [0.25, 0.3) is 0 Å². The van der Waals surface area contributed by atoms with Crippen LogP contribution < -0.4 is 15.5 Å². The molecule has 0 spiro atoms. The number of urea groups is 1. The summed E-state index contributed by atoms with van der Waals surface area (Å²) in [7, 11) is 0. The smallest absolute Gasteiger partial charge is 0.321 e. The fraction of sp³-hybridized carbons (Fsp3) is 0.381. The van der Waals surface area contributed by atoms with Gasteiger partial charge in [0.05, 0.1) is 0 Å². The Balaban J connectivity index is 1.61. The molecule has 0 radical (unpaired) electrons. The molecule has 28 heavy (non-hydrogen) atoms. The Morgan fingerprint density at radius 2 is 1.71 bits per heavy atom. The maximum absolute atomic E-state index is 12.7. The molecule has 7 heteroatoms. The number of anilines is 2. The second-order valence-corrected chi connectivity index (χ2v) is 7.27. The summed E-state index contributed by atoms with van der Waals surface area (Å²) in [5, 5.41) is 5.83. The average molecular weight is 381 g/mol. The van der Waals surface area contributed by atoms with E-state index in [0.717, 1.165) is 24.3 Å². The Morgan fingerprint density at radius 3 is 2.36 bits per heavy atom. The third-order valence-corrected chi connectivity index (χ3v) is 4.76. The Bertz CT molecular complexity index is 830. The van der Waals surface area contributed by atoms with Gasteiger partial charge in [0, 0.05) is 61.6 Å². The second-order valence-electron chi connectivity index (χ2n) is 7.27. The zero-order valence-corrected chi connectivity index (χ0v) is 16.6. The van der Waals surface area contributed by atoms with Crippen LogP contribution in [0.1, 0.15) is 29.8 Å². The molecule has 0 saturated carbocycles. The van der Waals surface area contributed by atoms with Crippen LogP contribution in [0.2, 0.25) is 0 Å². The summed E-state index contributed by atoms with van der Waals surface area (Å²) in [6, 6.07) is 9.24. The van der Waals surface area contributed by atoms with E-state index in [1.165, 1.54) is 0 Å². The summed E-state index contributed by atoms with van der Waals surface area (Å²) >= 11 is 0. The minimum atomic E-state index is -0.142. The molecule has 1 aliphatic heterocycles. The van der Waals surface area contributed by atoms with Crippen molar-refractivity contribution in [2.45, 2.75) is 26.8 Å². The molecule has 2 aromatic rings. The largest absolute Gasteiger partial charge is 0.368 e. The van der Waals surface area contributed by atoms with Crippen LogP contribution in [0.5, 0.6) is 0 Å². The van der Waals surface area contributed by atoms with Crippen LogP contribution in [0, 0.1) is 6.92 Å². The highest BCUT2D eigenvalue weighted by Gasteiger charge is 2.22. The normalized spacial score (nSPS) is 14.1. The van der Waals surface area contributed by atoms with Crippen LogP contribution in [-0.2, 0) is 0 Å². The van der Waals surface area contributed by atoms with E-state index in [0.29, 0.717) is 24.3 Å². The Morgan fingerprint density at radius 1 is 1.04 bits per heavy atom. The highest BCUT2D eigenvalue weighted by molar-refractivity contribution is 5.97. The highest BCUT2D eigenvalue weighted by atomic mass is 16.2. The molecule has 2 N–H and O–H groups in total. The molecule has 0 unspecified atom stereocenters. The van der Waals surface area contributed by atoms with Crippen molar-refractivity contribution in [1.29, 1.82) is 0 Å². The summed E-state index contributed by atoms with van der Waals surface area (Å²) < 4.78 is 0. The number of benzene rings is 1. The highest BCUT2D eigenvalue weighted by Crippen LogP contribution is 2.19. The molecule has 0 aliphatic carbocycles. The number of nitrogens with zero attached hydrogens (tertiary/aromatic N) is 3. The van der Waals surface area contributed by atoms with Crippen LogP contribution in [0.4, 0.5) is 16.2 Å². The standard InChI is InChI=1S/C21H27N5O2/c1-15(2)23-20(27)17-5-4-16(3)19(14-17)24-21(28)26-12-10-25(11-13-26)18-6-8-22-9-7-18/h4-9,14-15H,10-13H2,1-3H3,(H,23,27)(H,24,28). The Hall–Kier alpha value is -3.09. The van der Waals surface area contributed by atoms with Crippen LogP contribution >= 0.6 is 0 Å². The quantitative estimate of drug-likeness (QED) is 0.854. The van der Waals surface area contributed by atoms with Gasteiger partial charge in [-0.05, 0) is 50.6 Å². The van der Waals surface area contributed by atoms with E-state index >= 15 is 0 Å². The van der Waals surface area contributed by atoms with Crippen molar-refractivity contribution in [3.63, 3.8) is 0 Å². The van der Waals surface area contributed by atoms with Gasteiger partial charge in [-0.3, -0.25) is 9.78 Å². The molecule has 3 rings (SSSR count). The summed E-state index contributed by atoms with van der Waals surface area (Å²) in [6.45, 7) is 8.57. The van der Waals surface area contributed by atoms with Crippen LogP contribution in [-0.4, -0.2) is 54.0 Å². The van der Waals surface area contributed by atoms with Gasteiger partial charge in [0.2, 0.25) is 0 Å². The molecule has 1 aromatic carbocycles. The summed E-state index contributed by atoms with van der Waals surface area (Å²) in [5.74, 6) is -0.142. The molecular formula is C21H27N5O2. The number of carbonyl (C=O) groups is 2. The Kier molecular flexibility index (Phi) is 6.13. The number of aryl methyl sites for hydroxylation is 1. The first-order valence-electron chi connectivity index (χ1n) is 9.56. The first-order chi connectivity index (χ1) is 13.4. The number of carbonyl (C=O) groups excluding carboxylic acids is 2. The van der Waals surface area contributed by atoms with Gasteiger partial charge in [0.25, 0.3) is 5.91 Å². The number of pyridine rings is 1. The van der Waals surface area contributed by atoms with Crippen molar-refractivity contribution >= 4 is 23.3 Å². The fourth-order valence-corrected chi connectivity index (χ4v) is 3.16. The van der Waals surface area contributed by atoms with Crippen molar-refractivity contribution in [3.05, 3.63) is 53.9 Å². The number of hydrogen-bond donors (Lipinski definition) is 2. The maximum Gasteiger partial charge on any atom is 0.321 e. The zero-order chi connectivity index (χ0) is 20.1. The van der Waals surface area contributed by atoms with Gasteiger partial charge in [-0.1, -0.05) is 6.07 Å². The number of hydrogen-bond acceptors (Lipinski definition) is 4. The molecule has 0 bridgehead atoms. The minimum absolute atomic E-state index is 0.0588. The first-order valence-corrected chi connectivity index (χ1v) is 9.56. The summed E-state index contributed by atoms with van der Waals surface area (Å²) in [5.41, 5.74) is 3.25. The Labute approximate surface area is 165 Å². The van der Waals surface area contributed by atoms with Crippen molar-refractivity contribution in [2.24, 2.45) is 0 Å². The van der Waals surface area contributed by atoms with Gasteiger partial charge in [0.1, 0.15) is 0 Å². The average Bonchev–Trinajstić information content (AvgIpc) is 2.70. The predicted molar refractivity (Wildman–Crippen MR) is 111 cm³/mol. The lowest BCUT2D eigenvalue weighted by Gasteiger charge is -2.36. The summed E-state index contributed by atoms with van der Waals surface area (Å²) in [6.07, 6.45) is 3.55. The summed E-state index contributed by atoms with van der Waals surface area (Å²) in [4.78, 5) is 33.0. The zero-order valence-electron chi connectivity index (χ0n) is 16.6. The minimum Gasteiger partial charge on any atom is -0.368 e. The van der Waals surface area contributed by atoms with E-state index in [9.17, 15) is 9.59 Å². The molecule has 1 aliphatic rings. The lowest BCUT2D eigenvalue weighted by molar-refractivity contribution is 0.0943. The van der Waals surface area contributed by atoms with Gasteiger partial charge in [0.15, 0.2) is 0 Å². The van der Waals surface area contributed by atoms with E-state index < -0.39 is 0 Å². The maximum atomic E-state index is 12.7. The number of nitrogens with one attached hydrogen (secondary N) is 2. The van der Waals surface area contributed by atoms with E-state index in [1.54, 1.807) is 29.4 Å². The number of aromatic nitrogens is 1.